The van der Waals surface area contributed by atoms with E-state index in [2.05, 4.69) is 60.7 Å². The second-order valence-electron chi connectivity index (χ2n) is 12.2. The summed E-state index contributed by atoms with van der Waals surface area (Å²) < 4.78 is 31.8. The zero-order valence-electron chi connectivity index (χ0n) is 29.9. The molecule has 9 aromatic rings. The summed E-state index contributed by atoms with van der Waals surface area (Å²) in [5.74, 6) is 1.32. The van der Waals surface area contributed by atoms with Crippen LogP contribution in [0.2, 0.25) is 0 Å². The lowest BCUT2D eigenvalue weighted by Crippen LogP contribution is -2.00. The maximum atomic E-state index is 8.39. The van der Waals surface area contributed by atoms with Gasteiger partial charge in [0.15, 0.2) is 17.5 Å². The van der Waals surface area contributed by atoms with E-state index in [9.17, 15) is 0 Å². The van der Waals surface area contributed by atoms with Crippen molar-refractivity contribution in [3.8, 4) is 67.5 Å². The molecule has 0 radical (unpaired) electrons. The normalized spacial score (nSPS) is 12.4. The number of fused-ring (bicyclic) bond motifs is 3. The minimum atomic E-state index is -2.40. The van der Waals surface area contributed by atoms with Crippen molar-refractivity contribution in [2.45, 2.75) is 6.85 Å². The molecule has 0 saturated heterocycles. The van der Waals surface area contributed by atoms with Crippen LogP contribution in [-0.2, 0) is 0 Å². The van der Waals surface area contributed by atoms with E-state index in [1.807, 2.05) is 97.1 Å². The average molecular weight is 645 g/mol. The highest BCUT2D eigenvalue weighted by atomic mass is 16.3. The number of nitrogens with zero attached hydrogens (tertiary/aromatic N) is 3. The van der Waals surface area contributed by atoms with Gasteiger partial charge in [0.25, 0.3) is 0 Å². The average Bonchev–Trinajstić information content (AvgIpc) is 3.60. The van der Waals surface area contributed by atoms with Gasteiger partial charge in [-0.2, -0.15) is 0 Å². The summed E-state index contributed by atoms with van der Waals surface area (Å²) >= 11 is 0. The third kappa shape index (κ3) is 5.43. The molecule has 236 valence electrons. The fourth-order valence-corrected chi connectivity index (χ4v) is 6.59. The van der Waals surface area contributed by atoms with Gasteiger partial charge in [-0.1, -0.05) is 158 Å². The molecule has 0 saturated carbocycles. The quantitative estimate of drug-likeness (QED) is 0.181. The van der Waals surface area contributed by atoms with Crippen LogP contribution in [0.15, 0.2) is 174 Å². The van der Waals surface area contributed by atoms with Gasteiger partial charge in [-0.15, -0.1) is 0 Å². The van der Waals surface area contributed by atoms with Crippen LogP contribution in [0.3, 0.4) is 0 Å². The highest BCUT2D eigenvalue weighted by Crippen LogP contribution is 2.41. The van der Waals surface area contributed by atoms with Gasteiger partial charge in [-0.3, -0.25) is 0 Å². The molecular weight excluding hydrogens is 611 g/mol. The molecule has 2 aromatic heterocycles. The minimum absolute atomic E-state index is 0.142. The Bertz CT molecular complexity index is 2730. The largest absolute Gasteiger partial charge is 0.455 e. The van der Waals surface area contributed by atoms with Gasteiger partial charge < -0.3 is 4.42 Å². The van der Waals surface area contributed by atoms with Gasteiger partial charge in [-0.25, -0.2) is 15.0 Å². The van der Waals surface area contributed by atoms with Gasteiger partial charge in [0.05, 0.1) is 0 Å². The fourth-order valence-electron chi connectivity index (χ4n) is 6.59. The molecule has 0 spiro atoms. The molecule has 0 aliphatic carbocycles. The first-order valence-corrected chi connectivity index (χ1v) is 16.5. The Morgan fingerprint density at radius 2 is 0.900 bits per heavy atom. The number of hydrogen-bond donors (Lipinski definition) is 0. The number of aromatic nitrogens is 3. The fraction of sp³-hybridized carbons (Fsp3) is 0.0217. The molecule has 0 unspecified atom stereocenters. The highest BCUT2D eigenvalue weighted by molar-refractivity contribution is 6.15. The minimum Gasteiger partial charge on any atom is -0.455 e. The summed E-state index contributed by atoms with van der Waals surface area (Å²) in [6.07, 6.45) is 0. The molecule has 0 N–H and O–H groups in total. The predicted octanol–water partition coefficient (Wildman–Crippen LogP) is 12.1. The first-order valence-electron chi connectivity index (χ1n) is 18.0. The topological polar surface area (TPSA) is 51.8 Å². The van der Waals surface area contributed by atoms with E-state index >= 15 is 0 Å². The first kappa shape index (κ1) is 26.3. The Balaban J connectivity index is 1.24. The number of benzene rings is 7. The Morgan fingerprint density at radius 3 is 1.48 bits per heavy atom. The Kier molecular flexibility index (Phi) is 6.54. The maximum absolute atomic E-state index is 8.39. The highest BCUT2D eigenvalue weighted by Gasteiger charge is 2.20. The van der Waals surface area contributed by atoms with Gasteiger partial charge in [-0.05, 0) is 52.4 Å². The van der Waals surface area contributed by atoms with Crippen molar-refractivity contribution < 1.29 is 8.53 Å². The number of furan rings is 1. The van der Waals surface area contributed by atoms with Crippen LogP contribution in [0.25, 0.3) is 89.5 Å². The van der Waals surface area contributed by atoms with Crippen LogP contribution in [0.4, 0.5) is 0 Å². The molecule has 0 aliphatic rings. The Hall–Kier alpha value is -6.65. The van der Waals surface area contributed by atoms with Crippen LogP contribution in [0, 0.1) is 6.85 Å². The summed E-state index contributed by atoms with van der Waals surface area (Å²) in [7, 11) is 0. The number of rotatable bonds is 6. The van der Waals surface area contributed by atoms with E-state index in [0.29, 0.717) is 34.2 Å². The molecule has 4 nitrogen and oxygen atoms in total. The number of para-hydroxylation sites is 1. The van der Waals surface area contributed by atoms with Crippen LogP contribution in [-0.4, -0.2) is 15.0 Å². The number of aryl methyl sites for hydroxylation is 1. The molecule has 50 heavy (non-hydrogen) atoms. The lowest BCUT2D eigenvalue weighted by molar-refractivity contribution is 0.669. The standard InChI is InChI=1S/C46H31N3O/c1-30-28-40(42-39-19-11-18-38(43(39)50-41(42)29-30)35-24-20-33(21-25-35)31-12-5-2-6-13-31)46-48-44(36-16-9-4-10-17-36)47-45(49-46)37-26-22-34(23-27-37)32-14-7-3-8-15-32/h2-29H,1H3/i1D3. The molecule has 2 heterocycles. The number of hydrogen-bond acceptors (Lipinski definition) is 4. The van der Waals surface area contributed by atoms with E-state index in [1.165, 1.54) is 0 Å². The van der Waals surface area contributed by atoms with Crippen molar-refractivity contribution in [2.75, 3.05) is 0 Å². The summed E-state index contributed by atoms with van der Waals surface area (Å²) in [5, 5.41) is 1.58. The summed E-state index contributed by atoms with van der Waals surface area (Å²) in [5.41, 5.74) is 9.78. The molecule has 9 rings (SSSR count). The molecule has 0 fully saturated rings. The van der Waals surface area contributed by atoms with Crippen molar-refractivity contribution in [3.05, 3.63) is 175 Å². The lowest BCUT2D eigenvalue weighted by atomic mass is 9.97. The Labute approximate surface area is 294 Å². The van der Waals surface area contributed by atoms with Crippen LogP contribution in [0.1, 0.15) is 9.68 Å². The van der Waals surface area contributed by atoms with Gasteiger partial charge in [0.1, 0.15) is 11.2 Å². The molecular formula is C46H31N3O. The summed E-state index contributed by atoms with van der Waals surface area (Å²) in [4.78, 5) is 15.0. The van der Waals surface area contributed by atoms with E-state index in [1.54, 1.807) is 12.1 Å². The third-order valence-corrected chi connectivity index (χ3v) is 9.06. The lowest BCUT2D eigenvalue weighted by Gasteiger charge is -2.10. The zero-order valence-corrected chi connectivity index (χ0v) is 26.9. The van der Waals surface area contributed by atoms with Crippen molar-refractivity contribution >= 4 is 21.9 Å². The second kappa shape index (κ2) is 12.4. The smallest absolute Gasteiger partial charge is 0.164 e. The van der Waals surface area contributed by atoms with E-state index in [0.717, 1.165) is 55.3 Å². The van der Waals surface area contributed by atoms with Gasteiger partial charge in [0, 0.05) is 37.1 Å². The third-order valence-electron chi connectivity index (χ3n) is 9.06. The monoisotopic (exact) mass is 644 g/mol. The SMILES string of the molecule is [2H]C([2H])([2H])c1cc(-c2nc(-c3ccccc3)nc(-c3ccc(-c4ccccc4)cc3)n2)c2c(c1)oc1c(-c3ccc(-c4ccccc4)cc3)cccc12. The second-order valence-corrected chi connectivity index (χ2v) is 12.2. The first-order chi connectivity index (χ1) is 25.9. The summed E-state index contributed by atoms with van der Waals surface area (Å²) in [6.45, 7) is -2.40. The van der Waals surface area contributed by atoms with Crippen molar-refractivity contribution in [1.29, 1.82) is 0 Å². The Morgan fingerprint density at radius 1 is 0.420 bits per heavy atom. The molecule has 0 aliphatic heterocycles. The molecule has 0 bridgehead atoms. The van der Waals surface area contributed by atoms with E-state index in [-0.39, 0.29) is 5.56 Å². The van der Waals surface area contributed by atoms with Crippen LogP contribution < -0.4 is 0 Å². The van der Waals surface area contributed by atoms with Gasteiger partial charge >= 0.3 is 0 Å². The van der Waals surface area contributed by atoms with Crippen molar-refractivity contribution in [1.82, 2.24) is 15.0 Å². The zero-order chi connectivity index (χ0) is 35.9. The van der Waals surface area contributed by atoms with Crippen LogP contribution in [0.5, 0.6) is 0 Å². The van der Waals surface area contributed by atoms with E-state index < -0.39 is 6.85 Å². The van der Waals surface area contributed by atoms with Crippen molar-refractivity contribution in [2.24, 2.45) is 0 Å². The predicted molar refractivity (Wildman–Crippen MR) is 204 cm³/mol. The van der Waals surface area contributed by atoms with Crippen molar-refractivity contribution in [3.63, 3.8) is 0 Å². The molecule has 0 atom stereocenters. The molecule has 7 aromatic carbocycles. The van der Waals surface area contributed by atoms with Crippen LogP contribution >= 0.6 is 0 Å². The molecule has 0 amide bonds. The maximum Gasteiger partial charge on any atom is 0.164 e. The summed E-state index contributed by atoms with van der Waals surface area (Å²) in [6, 6.07) is 56.0. The van der Waals surface area contributed by atoms with Gasteiger partial charge in [0.2, 0.25) is 0 Å². The van der Waals surface area contributed by atoms with E-state index in [4.69, 9.17) is 23.5 Å². The molecule has 4 heteroatoms.